The summed E-state index contributed by atoms with van der Waals surface area (Å²) in [5.74, 6) is 0.384. The number of nitrogens with zero attached hydrogens (tertiary/aromatic N) is 1. The van der Waals surface area contributed by atoms with Crippen LogP contribution in [0.3, 0.4) is 0 Å². The van der Waals surface area contributed by atoms with Gasteiger partial charge in [0.2, 0.25) is 0 Å². The van der Waals surface area contributed by atoms with Crippen LogP contribution in [0.4, 0.5) is 0 Å². The van der Waals surface area contributed by atoms with Gasteiger partial charge in [-0.25, -0.2) is 0 Å². The van der Waals surface area contributed by atoms with Gasteiger partial charge >= 0.3 is 0 Å². The lowest BCUT2D eigenvalue weighted by Crippen LogP contribution is -1.86. The molecule has 0 aromatic rings. The van der Waals surface area contributed by atoms with Gasteiger partial charge in [0, 0.05) is 6.92 Å². The average Bonchev–Trinajstić information content (AvgIpc) is 1.86. The molecule has 0 amide bonds. The second kappa shape index (κ2) is 1.14. The van der Waals surface area contributed by atoms with E-state index in [2.05, 4.69) is 20.1 Å². The second-order valence-corrected chi connectivity index (χ2v) is 0.836. The van der Waals surface area contributed by atoms with E-state index in [1.807, 2.05) is 0 Å². The molecule has 0 aliphatic carbocycles. The number of oxime groups is 1. The summed E-state index contributed by atoms with van der Waals surface area (Å²) >= 11 is 0. The molecule has 1 heterocycles. The van der Waals surface area contributed by atoms with Crippen molar-refractivity contribution in [2.24, 2.45) is 5.16 Å². The molecule has 0 bridgehead atoms. The van der Waals surface area contributed by atoms with Gasteiger partial charge in [0.25, 0.3) is 5.90 Å². The number of hydrogen-bond donors (Lipinski definition) is 0. The zero-order chi connectivity index (χ0) is 4.41. The summed E-state index contributed by atoms with van der Waals surface area (Å²) in [5.41, 5.74) is 0. The van der Waals surface area contributed by atoms with Gasteiger partial charge in [0.05, 0.1) is 5.04 Å². The third-order valence-electron chi connectivity index (χ3n) is 0.351. The molecule has 0 saturated carbocycles. The van der Waals surface area contributed by atoms with Gasteiger partial charge in [-0.15, -0.1) is 0 Å². The molecule has 0 saturated heterocycles. The summed E-state index contributed by atoms with van der Waals surface area (Å²) in [5, 5.41) is 7.06. The Balaban J connectivity index is 2.45. The maximum absolute atomic E-state index is 4.18. The van der Waals surface area contributed by atoms with Gasteiger partial charge in [0.15, 0.2) is 0 Å². The molecule has 6 heavy (non-hydrogen) atoms. The fourth-order valence-corrected chi connectivity index (χ4v) is 0.147. The van der Waals surface area contributed by atoms with E-state index in [0.29, 0.717) is 5.90 Å². The van der Waals surface area contributed by atoms with Crippen LogP contribution >= 0.6 is 0 Å². The predicted molar refractivity (Wildman–Crippen MR) is 16.4 cm³/mol. The molecule has 0 unspecified atom stereocenters. The standard InChI is InChI=1S/C2H3NO3/c1-2-3-5-6-4-2/h1H3. The topological polar surface area (TPSA) is 40.0 Å². The minimum Gasteiger partial charge on any atom is -0.278 e. The highest BCUT2D eigenvalue weighted by Gasteiger charge is 2.01. The highest BCUT2D eigenvalue weighted by atomic mass is 17.6. The molecule has 1 aliphatic rings. The Hall–Kier alpha value is -0.770. The van der Waals surface area contributed by atoms with E-state index in [1.165, 1.54) is 0 Å². The molecule has 0 atom stereocenters. The third-order valence-corrected chi connectivity index (χ3v) is 0.351. The molecular formula is C2H3NO3. The lowest BCUT2D eigenvalue weighted by Gasteiger charge is -1.77. The zero-order valence-electron chi connectivity index (χ0n) is 3.17. The molecule has 4 heteroatoms. The van der Waals surface area contributed by atoms with Crippen LogP contribution in [0.1, 0.15) is 6.92 Å². The molecule has 1 aliphatic heterocycles. The fourth-order valence-electron chi connectivity index (χ4n) is 0.147. The molecule has 0 aromatic heterocycles. The highest BCUT2D eigenvalue weighted by Crippen LogP contribution is 1.94. The maximum Gasteiger partial charge on any atom is 0.273 e. The van der Waals surface area contributed by atoms with E-state index in [-0.39, 0.29) is 0 Å². The average molecular weight is 89.0 g/mol. The van der Waals surface area contributed by atoms with Gasteiger partial charge in [-0.2, -0.15) is 4.99 Å². The molecule has 1 rings (SSSR count). The normalized spacial score (nSPS) is 18.5. The van der Waals surface area contributed by atoms with E-state index in [0.717, 1.165) is 0 Å². The smallest absolute Gasteiger partial charge is 0.273 e. The van der Waals surface area contributed by atoms with Crippen molar-refractivity contribution in [2.75, 3.05) is 0 Å². The van der Waals surface area contributed by atoms with Crippen molar-refractivity contribution in [2.45, 2.75) is 6.92 Å². The van der Waals surface area contributed by atoms with E-state index in [4.69, 9.17) is 0 Å². The molecule has 0 N–H and O–H groups in total. The van der Waals surface area contributed by atoms with Gasteiger partial charge in [-0.3, -0.25) is 4.89 Å². The first-order valence-electron chi connectivity index (χ1n) is 1.44. The van der Waals surface area contributed by atoms with Crippen LogP contribution < -0.4 is 0 Å². The summed E-state index contributed by atoms with van der Waals surface area (Å²) in [6.45, 7) is 1.62. The summed E-state index contributed by atoms with van der Waals surface area (Å²) in [4.78, 5) is 8.10. The third kappa shape index (κ3) is 0.414. The summed E-state index contributed by atoms with van der Waals surface area (Å²) in [6, 6.07) is 0. The van der Waals surface area contributed by atoms with Crippen LogP contribution in [-0.4, -0.2) is 5.90 Å². The Morgan fingerprint density at radius 3 is 2.67 bits per heavy atom. The van der Waals surface area contributed by atoms with Gasteiger partial charge in [-0.1, -0.05) is 0 Å². The summed E-state index contributed by atoms with van der Waals surface area (Å²) in [6.07, 6.45) is 0. The minimum absolute atomic E-state index is 0.384. The Morgan fingerprint density at radius 1 is 1.67 bits per heavy atom. The molecule has 0 fully saturated rings. The first-order valence-corrected chi connectivity index (χ1v) is 1.44. The second-order valence-electron chi connectivity index (χ2n) is 0.836. The Morgan fingerprint density at radius 2 is 2.50 bits per heavy atom. The van der Waals surface area contributed by atoms with Crippen molar-refractivity contribution in [3.8, 4) is 0 Å². The van der Waals surface area contributed by atoms with E-state index < -0.39 is 0 Å². The van der Waals surface area contributed by atoms with Gasteiger partial charge in [0.1, 0.15) is 0 Å². The molecule has 0 aromatic carbocycles. The van der Waals surface area contributed by atoms with Crippen molar-refractivity contribution >= 4 is 5.90 Å². The van der Waals surface area contributed by atoms with Gasteiger partial charge < -0.3 is 0 Å². The van der Waals surface area contributed by atoms with E-state index >= 15 is 0 Å². The SMILES string of the molecule is CC1=NOOO1. The molecule has 34 valence electrons. The molecular weight excluding hydrogens is 86.0 g/mol. The van der Waals surface area contributed by atoms with Crippen molar-refractivity contribution in [1.82, 2.24) is 0 Å². The highest BCUT2D eigenvalue weighted by molar-refractivity contribution is 5.71. The number of rotatable bonds is 0. The fraction of sp³-hybridized carbons (Fsp3) is 0.500. The lowest BCUT2D eigenvalue weighted by molar-refractivity contribution is -0.452. The van der Waals surface area contributed by atoms with Gasteiger partial charge in [-0.05, 0) is 5.16 Å². The van der Waals surface area contributed by atoms with Crippen LogP contribution in [0, 0.1) is 0 Å². The van der Waals surface area contributed by atoms with Crippen molar-refractivity contribution < 1.29 is 14.9 Å². The van der Waals surface area contributed by atoms with Crippen LogP contribution in [0.15, 0.2) is 5.16 Å². The Labute approximate surface area is 34.1 Å². The quantitative estimate of drug-likeness (QED) is 0.398. The van der Waals surface area contributed by atoms with E-state index in [9.17, 15) is 0 Å². The Kier molecular flexibility index (Phi) is 0.648. The largest absolute Gasteiger partial charge is 0.278 e. The lowest BCUT2D eigenvalue weighted by atomic mass is 10.8. The van der Waals surface area contributed by atoms with Crippen LogP contribution in [-0.2, 0) is 14.9 Å². The van der Waals surface area contributed by atoms with E-state index in [1.54, 1.807) is 6.92 Å². The van der Waals surface area contributed by atoms with Crippen molar-refractivity contribution in [3.63, 3.8) is 0 Å². The zero-order valence-corrected chi connectivity index (χ0v) is 3.17. The first kappa shape index (κ1) is 3.42. The Bertz CT molecular complexity index is 78.9. The van der Waals surface area contributed by atoms with Crippen molar-refractivity contribution in [1.29, 1.82) is 0 Å². The van der Waals surface area contributed by atoms with Crippen LogP contribution in [0.5, 0.6) is 0 Å². The van der Waals surface area contributed by atoms with Crippen LogP contribution in [0.25, 0.3) is 0 Å². The first-order chi connectivity index (χ1) is 2.89. The summed E-state index contributed by atoms with van der Waals surface area (Å²) in [7, 11) is 0. The van der Waals surface area contributed by atoms with Crippen molar-refractivity contribution in [3.05, 3.63) is 0 Å². The maximum atomic E-state index is 4.18. The molecule has 4 nitrogen and oxygen atoms in total. The minimum atomic E-state index is 0.384. The molecule has 0 spiro atoms. The summed E-state index contributed by atoms with van der Waals surface area (Å²) < 4.78 is 0. The predicted octanol–water partition coefficient (Wildman–Crippen LogP) is 0.213. The number of hydrogen-bond acceptors (Lipinski definition) is 4. The van der Waals surface area contributed by atoms with Crippen LogP contribution in [0.2, 0.25) is 0 Å². The molecule has 0 radical (unpaired) electrons. The monoisotopic (exact) mass is 89.0 g/mol.